The number of hydrogen-bond acceptors (Lipinski definition) is 4. The number of ether oxygens (including phenoxy) is 1. The highest BCUT2D eigenvalue weighted by atomic mass is 19.4. The fraction of sp³-hybridized carbons (Fsp3) is 0.625. The molecule has 1 aliphatic heterocycles. The molecule has 24 heavy (non-hydrogen) atoms. The maximum atomic E-state index is 13.7. The average Bonchev–Trinajstić information content (AvgIpc) is 2.94. The molecule has 2 atom stereocenters. The van der Waals surface area contributed by atoms with Gasteiger partial charge < -0.3 is 4.74 Å². The van der Waals surface area contributed by atoms with Crippen LogP contribution in [-0.4, -0.2) is 39.2 Å². The molecule has 2 aromatic heterocycles. The third-order valence-corrected chi connectivity index (χ3v) is 4.90. The molecule has 1 aliphatic carbocycles. The van der Waals surface area contributed by atoms with Gasteiger partial charge in [-0.25, -0.2) is 0 Å². The van der Waals surface area contributed by atoms with Crippen molar-refractivity contribution in [1.29, 1.82) is 0 Å². The van der Waals surface area contributed by atoms with Crippen molar-refractivity contribution in [2.75, 3.05) is 19.7 Å². The molecule has 1 unspecified atom stereocenters. The molecular weight excluding hydrogens is 321 g/mol. The van der Waals surface area contributed by atoms with E-state index in [1.165, 1.54) is 10.8 Å². The summed E-state index contributed by atoms with van der Waals surface area (Å²) in [6.07, 6.45) is -1.62. The van der Waals surface area contributed by atoms with Gasteiger partial charge >= 0.3 is 6.18 Å². The zero-order valence-electron chi connectivity index (χ0n) is 13.4. The van der Waals surface area contributed by atoms with Crippen molar-refractivity contribution >= 4 is 5.65 Å². The summed E-state index contributed by atoms with van der Waals surface area (Å²) >= 11 is 0. The second-order valence-electron chi connectivity index (χ2n) is 6.61. The Bertz CT molecular complexity index is 748. The monoisotopic (exact) mass is 340 g/mol. The van der Waals surface area contributed by atoms with Crippen molar-refractivity contribution in [2.24, 2.45) is 11.8 Å². The summed E-state index contributed by atoms with van der Waals surface area (Å²) < 4.78 is 47.6. The van der Waals surface area contributed by atoms with E-state index in [4.69, 9.17) is 4.74 Å². The second kappa shape index (κ2) is 5.70. The van der Waals surface area contributed by atoms with Crippen LogP contribution in [0.25, 0.3) is 5.65 Å². The molecule has 130 valence electrons. The van der Waals surface area contributed by atoms with E-state index in [1.54, 1.807) is 12.3 Å². The molecule has 3 heterocycles. The summed E-state index contributed by atoms with van der Waals surface area (Å²) in [7, 11) is 0. The molecule has 2 aromatic rings. The first-order valence-electron chi connectivity index (χ1n) is 8.20. The van der Waals surface area contributed by atoms with Crippen molar-refractivity contribution in [3.63, 3.8) is 0 Å². The van der Waals surface area contributed by atoms with Crippen molar-refractivity contribution in [1.82, 2.24) is 19.5 Å². The second-order valence-corrected chi connectivity index (χ2v) is 6.61. The Morgan fingerprint density at radius 2 is 2.00 bits per heavy atom. The molecule has 0 radical (unpaired) electrons. The van der Waals surface area contributed by atoms with E-state index in [0.29, 0.717) is 30.8 Å². The summed E-state index contributed by atoms with van der Waals surface area (Å²) in [5.41, 5.74) is -0.549. The smallest absolute Gasteiger partial charge is 0.374 e. The lowest BCUT2D eigenvalue weighted by atomic mass is 10.1. The third-order valence-electron chi connectivity index (χ3n) is 4.90. The molecule has 0 aromatic carbocycles. The van der Waals surface area contributed by atoms with Gasteiger partial charge in [0.1, 0.15) is 12.2 Å². The van der Waals surface area contributed by atoms with Crippen LogP contribution in [-0.2, 0) is 24.1 Å². The van der Waals surface area contributed by atoms with Gasteiger partial charge in [0.15, 0.2) is 11.5 Å². The highest BCUT2D eigenvalue weighted by molar-refractivity contribution is 5.53. The van der Waals surface area contributed by atoms with Gasteiger partial charge in [0.25, 0.3) is 0 Å². The molecule has 2 aliphatic rings. The van der Waals surface area contributed by atoms with Gasteiger partial charge in [-0.1, -0.05) is 0 Å². The van der Waals surface area contributed by atoms with Crippen LogP contribution in [0.4, 0.5) is 13.2 Å². The first-order valence-corrected chi connectivity index (χ1v) is 8.20. The average molecular weight is 340 g/mol. The van der Waals surface area contributed by atoms with Crippen LogP contribution >= 0.6 is 0 Å². The quantitative estimate of drug-likeness (QED) is 0.839. The number of pyridine rings is 1. The van der Waals surface area contributed by atoms with Crippen molar-refractivity contribution in [3.05, 3.63) is 29.2 Å². The molecule has 1 saturated heterocycles. The van der Waals surface area contributed by atoms with Crippen molar-refractivity contribution in [2.45, 2.75) is 32.7 Å². The van der Waals surface area contributed by atoms with Gasteiger partial charge in [-0.05, 0) is 36.8 Å². The number of fused-ring (bicyclic) bond motifs is 2. The summed E-state index contributed by atoms with van der Waals surface area (Å²) in [5.74, 6) is 1.76. The number of alkyl halides is 3. The highest BCUT2D eigenvalue weighted by Crippen LogP contribution is 2.45. The molecule has 0 spiro atoms. The number of aromatic nitrogens is 3. The Balaban J connectivity index is 1.70. The minimum absolute atomic E-state index is 0.140. The molecular formula is C16H19F3N4O. The first-order chi connectivity index (χ1) is 11.5. The van der Waals surface area contributed by atoms with Crippen molar-refractivity contribution in [3.8, 4) is 0 Å². The third kappa shape index (κ3) is 2.77. The van der Waals surface area contributed by atoms with Gasteiger partial charge in [-0.15, -0.1) is 10.2 Å². The molecule has 0 bridgehead atoms. The van der Waals surface area contributed by atoms with Gasteiger partial charge in [-0.3, -0.25) is 9.30 Å². The summed E-state index contributed by atoms with van der Waals surface area (Å²) in [4.78, 5) is 2.11. The Hall–Kier alpha value is -1.67. The first kappa shape index (κ1) is 15.8. The zero-order valence-corrected chi connectivity index (χ0v) is 13.4. The van der Waals surface area contributed by atoms with E-state index in [0.717, 1.165) is 13.1 Å². The van der Waals surface area contributed by atoms with Gasteiger partial charge in [-0.2, -0.15) is 13.2 Å². The molecule has 1 saturated carbocycles. The van der Waals surface area contributed by atoms with Crippen LogP contribution in [0.3, 0.4) is 0 Å². The SMILES string of the molecule is CCOCc1nnc2c(C(F)(F)F)c(CN3CC4C[C@@H]4C3)ccn12. The topological polar surface area (TPSA) is 42.7 Å². The lowest BCUT2D eigenvalue weighted by molar-refractivity contribution is -0.137. The molecule has 0 N–H and O–H groups in total. The molecule has 5 nitrogen and oxygen atoms in total. The normalized spacial score (nSPS) is 23.8. The van der Waals surface area contributed by atoms with Crippen LogP contribution in [0.15, 0.2) is 12.3 Å². The summed E-state index contributed by atoms with van der Waals surface area (Å²) in [5, 5.41) is 7.66. The fourth-order valence-corrected chi connectivity index (χ4v) is 3.64. The number of piperidine rings is 1. The van der Waals surface area contributed by atoms with E-state index in [9.17, 15) is 13.2 Å². The predicted octanol–water partition coefficient (Wildman–Crippen LogP) is 2.74. The lowest BCUT2D eigenvalue weighted by Crippen LogP contribution is -2.24. The minimum Gasteiger partial charge on any atom is -0.374 e. The maximum Gasteiger partial charge on any atom is 0.420 e. The molecule has 0 amide bonds. The lowest BCUT2D eigenvalue weighted by Gasteiger charge is -2.21. The van der Waals surface area contributed by atoms with Crippen LogP contribution in [0, 0.1) is 11.8 Å². The van der Waals surface area contributed by atoms with Gasteiger partial charge in [0.2, 0.25) is 0 Å². The number of likely N-dealkylation sites (tertiary alicyclic amines) is 1. The van der Waals surface area contributed by atoms with E-state index < -0.39 is 11.7 Å². The fourth-order valence-electron chi connectivity index (χ4n) is 3.64. The molecule has 2 fully saturated rings. The van der Waals surface area contributed by atoms with E-state index >= 15 is 0 Å². The van der Waals surface area contributed by atoms with Gasteiger partial charge in [0.05, 0.1) is 0 Å². The predicted molar refractivity (Wildman–Crippen MR) is 80.2 cm³/mol. The Kier molecular flexibility index (Phi) is 3.76. The highest BCUT2D eigenvalue weighted by Gasteiger charge is 2.45. The number of halogens is 3. The number of nitrogens with zero attached hydrogens (tertiary/aromatic N) is 4. The zero-order chi connectivity index (χ0) is 16.9. The summed E-state index contributed by atoms with van der Waals surface area (Å²) in [6, 6.07) is 1.54. The number of hydrogen-bond donors (Lipinski definition) is 0. The van der Waals surface area contributed by atoms with Crippen LogP contribution in [0.2, 0.25) is 0 Å². The van der Waals surface area contributed by atoms with Crippen LogP contribution < -0.4 is 0 Å². The minimum atomic E-state index is -4.46. The van der Waals surface area contributed by atoms with E-state index in [1.807, 2.05) is 6.92 Å². The van der Waals surface area contributed by atoms with Crippen molar-refractivity contribution < 1.29 is 17.9 Å². The Morgan fingerprint density at radius 3 is 2.67 bits per heavy atom. The molecule has 8 heteroatoms. The number of rotatable bonds is 5. The Labute approximate surface area is 137 Å². The van der Waals surface area contributed by atoms with Crippen LogP contribution in [0.5, 0.6) is 0 Å². The van der Waals surface area contributed by atoms with E-state index in [-0.39, 0.29) is 17.8 Å². The standard InChI is InChI=1S/C16H19F3N4O/c1-2-24-9-13-20-21-15-14(16(17,18)19)10(3-4-23(13)15)6-22-7-11-5-12(11)8-22/h3-4,11-12H,2,5-9H2,1H3/t11-,12?/m1/s1. The van der Waals surface area contributed by atoms with Gasteiger partial charge in [0, 0.05) is 32.4 Å². The Morgan fingerprint density at radius 1 is 1.25 bits per heavy atom. The largest absolute Gasteiger partial charge is 0.420 e. The maximum absolute atomic E-state index is 13.7. The van der Waals surface area contributed by atoms with Crippen LogP contribution in [0.1, 0.15) is 30.3 Å². The summed E-state index contributed by atoms with van der Waals surface area (Å²) in [6.45, 7) is 4.54. The van der Waals surface area contributed by atoms with E-state index in [2.05, 4.69) is 15.1 Å². The molecule has 4 rings (SSSR count).